The van der Waals surface area contributed by atoms with Crippen LogP contribution >= 0.6 is 0 Å². The van der Waals surface area contributed by atoms with Gasteiger partial charge in [-0.3, -0.25) is 44.8 Å². The number of anilines is 3. The number of carbonyl (C=O) groups is 4. The number of nitro benzene ring substituents is 2. The van der Waals surface area contributed by atoms with E-state index in [0.717, 1.165) is 27.6 Å². The number of carbonyl (C=O) groups excluding carboxylic acids is 4. The number of aryl methyl sites for hydroxylation is 1. The molecule has 4 aliphatic rings. The molecule has 4 aromatic carbocycles. The van der Waals surface area contributed by atoms with E-state index < -0.39 is 79.9 Å². The molecule has 8 rings (SSSR count). The van der Waals surface area contributed by atoms with Crippen molar-refractivity contribution in [2.45, 2.75) is 31.1 Å². The number of ether oxygens (including phenoxy) is 2. The number of fused-ring (bicyclic) bond motifs is 4. The average Bonchev–Trinajstić information content (AvgIpc) is 3.61. The van der Waals surface area contributed by atoms with Crippen molar-refractivity contribution in [3.63, 3.8) is 0 Å². The highest BCUT2D eigenvalue weighted by Crippen LogP contribution is 2.65. The van der Waals surface area contributed by atoms with Gasteiger partial charge in [-0.1, -0.05) is 59.7 Å². The summed E-state index contributed by atoms with van der Waals surface area (Å²) in [7, 11) is 5.53. The molecule has 6 atom stereocenters. The number of nitrogens with zero attached hydrogens (tertiary/aromatic N) is 5. The maximum Gasteiger partial charge on any atom is 0.301 e. The van der Waals surface area contributed by atoms with Crippen LogP contribution in [-0.4, -0.2) is 71.9 Å². The third-order valence-electron chi connectivity index (χ3n) is 12.4. The third-order valence-corrected chi connectivity index (χ3v) is 12.4. The maximum absolute atomic E-state index is 15.5. The minimum Gasteiger partial charge on any atom is -0.502 e. The summed E-state index contributed by atoms with van der Waals surface area (Å²) in [5.41, 5.74) is 2.35. The van der Waals surface area contributed by atoms with Crippen LogP contribution in [0, 0.1) is 50.8 Å². The van der Waals surface area contributed by atoms with Gasteiger partial charge in [-0.25, -0.2) is 4.90 Å². The van der Waals surface area contributed by atoms with Crippen molar-refractivity contribution in [2.75, 3.05) is 43.5 Å². The predicted octanol–water partition coefficient (Wildman–Crippen LogP) is 5.79. The molecule has 60 heavy (non-hydrogen) atoms. The zero-order valence-electron chi connectivity index (χ0n) is 33.1. The first kappa shape index (κ1) is 39.5. The Morgan fingerprint density at radius 3 is 1.98 bits per heavy atom. The molecular formula is C43H40N6O11. The van der Waals surface area contributed by atoms with Crippen molar-refractivity contribution in [2.24, 2.45) is 23.7 Å². The smallest absolute Gasteiger partial charge is 0.301 e. The third kappa shape index (κ3) is 5.74. The SMILES string of the molecule is COc1cc(C2C3=CCC4C(=O)N(c5cc([N+](=O)[O-])c(N(C)C)c([N+](=O)[O-])c5)C(=O)C4C3CC3C(=O)N(Nc4ccc(C)cc4)C(=O)C32c2ccccc2)cc(OC)c1O. The Morgan fingerprint density at radius 2 is 1.43 bits per heavy atom. The molecule has 4 amide bonds. The second-order valence-electron chi connectivity index (χ2n) is 15.6. The number of nitro groups is 2. The lowest BCUT2D eigenvalue weighted by Gasteiger charge is -2.50. The topological polar surface area (TPSA) is 215 Å². The van der Waals surface area contributed by atoms with Crippen LogP contribution in [0.15, 0.2) is 90.5 Å². The molecule has 0 aromatic heterocycles. The zero-order chi connectivity index (χ0) is 42.9. The first-order valence-electron chi connectivity index (χ1n) is 19.1. The van der Waals surface area contributed by atoms with Gasteiger partial charge < -0.3 is 19.5 Å². The van der Waals surface area contributed by atoms with E-state index in [2.05, 4.69) is 5.43 Å². The van der Waals surface area contributed by atoms with E-state index in [9.17, 15) is 34.9 Å². The molecule has 2 aliphatic carbocycles. The van der Waals surface area contributed by atoms with Gasteiger partial charge in [0.15, 0.2) is 17.2 Å². The summed E-state index contributed by atoms with van der Waals surface area (Å²) < 4.78 is 11.1. The Hall–Kier alpha value is -7.30. The number of amides is 4. The van der Waals surface area contributed by atoms with Crippen molar-refractivity contribution < 1.29 is 43.6 Å². The zero-order valence-corrected chi connectivity index (χ0v) is 33.1. The second-order valence-corrected chi connectivity index (χ2v) is 15.6. The number of imide groups is 2. The number of hydrazine groups is 1. The molecule has 6 unspecified atom stereocenters. The summed E-state index contributed by atoms with van der Waals surface area (Å²) in [4.78, 5) is 84.7. The van der Waals surface area contributed by atoms with Crippen LogP contribution in [0.25, 0.3) is 0 Å². The van der Waals surface area contributed by atoms with E-state index in [-0.39, 0.29) is 41.5 Å². The Bertz CT molecular complexity index is 2480. The largest absolute Gasteiger partial charge is 0.502 e. The van der Waals surface area contributed by atoms with Gasteiger partial charge in [0.25, 0.3) is 11.8 Å². The molecule has 3 fully saturated rings. The molecule has 0 radical (unpaired) electrons. The number of aromatic hydroxyl groups is 1. The number of methoxy groups -OCH3 is 2. The lowest BCUT2D eigenvalue weighted by molar-refractivity contribution is -0.392. The van der Waals surface area contributed by atoms with Crippen molar-refractivity contribution in [1.82, 2.24) is 5.01 Å². The highest BCUT2D eigenvalue weighted by Gasteiger charge is 2.70. The quantitative estimate of drug-likeness (QED) is 0.0840. The van der Waals surface area contributed by atoms with Crippen molar-refractivity contribution >= 4 is 52.1 Å². The second kappa shape index (κ2) is 14.5. The van der Waals surface area contributed by atoms with E-state index in [1.807, 2.05) is 25.1 Å². The van der Waals surface area contributed by atoms with Gasteiger partial charge in [0, 0.05) is 32.1 Å². The van der Waals surface area contributed by atoms with Crippen molar-refractivity contribution in [3.05, 3.63) is 127 Å². The van der Waals surface area contributed by atoms with Crippen LogP contribution in [0.3, 0.4) is 0 Å². The molecule has 308 valence electrons. The fourth-order valence-electron chi connectivity index (χ4n) is 9.91. The van der Waals surface area contributed by atoms with E-state index in [1.54, 1.807) is 54.6 Å². The van der Waals surface area contributed by atoms with Gasteiger partial charge in [-0.2, -0.15) is 5.01 Å². The van der Waals surface area contributed by atoms with Crippen molar-refractivity contribution in [1.29, 1.82) is 0 Å². The highest BCUT2D eigenvalue weighted by atomic mass is 16.6. The lowest BCUT2D eigenvalue weighted by Crippen LogP contribution is -2.53. The first-order chi connectivity index (χ1) is 28.6. The molecular weight excluding hydrogens is 777 g/mol. The highest BCUT2D eigenvalue weighted by molar-refractivity contribution is 6.23. The molecule has 2 heterocycles. The monoisotopic (exact) mass is 816 g/mol. The summed E-state index contributed by atoms with van der Waals surface area (Å²) in [5.74, 6) is -7.95. The van der Waals surface area contributed by atoms with Crippen LogP contribution in [0.4, 0.5) is 28.4 Å². The standard InChI is InChI=1S/C43H40N6O11/c1-22-11-13-25(14-12-22)44-47-40(52)30-21-29-27(36(23-17-33(59-4)38(50)34(18-23)60-5)43(30,42(47)54)24-9-7-6-8-10-24)15-16-28-35(29)41(53)46(39(28)51)26-19-31(48(55)56)37(45(2)3)32(20-26)49(57)58/h6-15,17-20,28-30,35-36,44,50H,16,21H2,1-5H3. The first-order valence-corrected chi connectivity index (χ1v) is 19.1. The minimum absolute atomic E-state index is 0.00337. The van der Waals surface area contributed by atoms with Crippen LogP contribution < -0.4 is 24.7 Å². The van der Waals surface area contributed by atoms with Crippen LogP contribution in [0.1, 0.15) is 35.4 Å². The fourth-order valence-corrected chi connectivity index (χ4v) is 9.91. The minimum atomic E-state index is -1.65. The van der Waals surface area contributed by atoms with E-state index in [1.165, 1.54) is 33.2 Å². The number of nitrogens with one attached hydrogen (secondary N) is 1. The van der Waals surface area contributed by atoms with E-state index >= 15 is 9.59 Å². The molecule has 17 heteroatoms. The molecule has 2 saturated heterocycles. The number of phenolic OH excluding ortho intramolecular Hbond substituents is 1. The Morgan fingerprint density at radius 1 is 0.833 bits per heavy atom. The summed E-state index contributed by atoms with van der Waals surface area (Å²) in [6.07, 6.45) is 1.75. The number of rotatable bonds is 10. The van der Waals surface area contributed by atoms with Gasteiger partial charge in [0.2, 0.25) is 17.6 Å². The summed E-state index contributed by atoms with van der Waals surface area (Å²) in [6, 6.07) is 21.1. The molecule has 1 saturated carbocycles. The summed E-state index contributed by atoms with van der Waals surface area (Å²) in [5, 5.41) is 36.6. The number of allylic oxidation sites excluding steroid dienone is 2. The Labute approximate surface area is 343 Å². The van der Waals surface area contributed by atoms with E-state index in [0.29, 0.717) is 22.4 Å². The molecule has 17 nitrogen and oxygen atoms in total. The van der Waals surface area contributed by atoms with Gasteiger partial charge in [0.05, 0.1) is 58.6 Å². The fraction of sp³-hybridized carbons (Fsp3) is 0.302. The maximum atomic E-state index is 15.5. The van der Waals surface area contributed by atoms with Gasteiger partial charge in [-0.15, -0.1) is 0 Å². The predicted molar refractivity (Wildman–Crippen MR) is 217 cm³/mol. The van der Waals surface area contributed by atoms with Gasteiger partial charge in [-0.05, 0) is 61.1 Å². The van der Waals surface area contributed by atoms with Crippen LogP contribution in [-0.2, 0) is 24.6 Å². The molecule has 0 bridgehead atoms. The molecule has 4 aromatic rings. The molecule has 0 spiro atoms. The normalized spacial score (nSPS) is 24.4. The van der Waals surface area contributed by atoms with E-state index in [4.69, 9.17) is 9.47 Å². The Balaban J connectivity index is 1.33. The average molecular weight is 817 g/mol. The van der Waals surface area contributed by atoms with Crippen molar-refractivity contribution in [3.8, 4) is 17.2 Å². The number of hydrogen-bond donors (Lipinski definition) is 2. The lowest BCUT2D eigenvalue weighted by atomic mass is 9.49. The number of phenols is 1. The number of hydrogen-bond acceptors (Lipinski definition) is 13. The Kier molecular flexibility index (Phi) is 9.56. The summed E-state index contributed by atoms with van der Waals surface area (Å²) >= 11 is 0. The van der Waals surface area contributed by atoms with Crippen LogP contribution in [0.5, 0.6) is 17.2 Å². The van der Waals surface area contributed by atoms with Gasteiger partial charge >= 0.3 is 11.4 Å². The molecule has 2 aliphatic heterocycles. The molecule has 2 N–H and O–H groups in total. The summed E-state index contributed by atoms with van der Waals surface area (Å²) in [6.45, 7) is 1.90. The number of benzene rings is 4. The van der Waals surface area contributed by atoms with Gasteiger partial charge in [0.1, 0.15) is 0 Å². The van der Waals surface area contributed by atoms with Crippen LogP contribution in [0.2, 0.25) is 0 Å².